The first kappa shape index (κ1) is 12.6. The average molecular weight is 243 g/mol. The van der Waals surface area contributed by atoms with Gasteiger partial charge in [0.05, 0.1) is 12.6 Å². The van der Waals surface area contributed by atoms with Crippen LogP contribution in [0.3, 0.4) is 0 Å². The molecule has 0 saturated carbocycles. The Labute approximate surface area is 107 Å². The van der Waals surface area contributed by atoms with Gasteiger partial charge in [0, 0.05) is 17.5 Å². The third-order valence-electron chi connectivity index (χ3n) is 3.03. The number of carbonyl (C=O) groups is 1. The van der Waals surface area contributed by atoms with Gasteiger partial charge in [0.15, 0.2) is 0 Å². The van der Waals surface area contributed by atoms with Gasteiger partial charge in [-0.15, -0.1) is 0 Å². The lowest BCUT2D eigenvalue weighted by Crippen LogP contribution is -2.02. The van der Waals surface area contributed by atoms with Crippen molar-refractivity contribution in [2.75, 3.05) is 7.11 Å². The molecular formula is C15H17NO2. The molecule has 0 aliphatic carbocycles. The van der Waals surface area contributed by atoms with Crippen molar-refractivity contribution in [3.8, 4) is 0 Å². The monoisotopic (exact) mass is 243 g/mol. The highest BCUT2D eigenvalue weighted by Crippen LogP contribution is 2.20. The first-order valence-corrected chi connectivity index (χ1v) is 6.04. The number of hydrogen-bond donors (Lipinski definition) is 0. The van der Waals surface area contributed by atoms with Crippen LogP contribution in [-0.4, -0.2) is 18.1 Å². The summed E-state index contributed by atoms with van der Waals surface area (Å²) in [7, 11) is 1.42. The highest BCUT2D eigenvalue weighted by atomic mass is 16.5. The lowest BCUT2D eigenvalue weighted by Gasteiger charge is -2.07. The van der Waals surface area contributed by atoms with Crippen LogP contribution in [-0.2, 0) is 16.0 Å². The first-order chi connectivity index (χ1) is 8.60. The van der Waals surface area contributed by atoms with Gasteiger partial charge in [-0.05, 0) is 43.5 Å². The van der Waals surface area contributed by atoms with E-state index < -0.39 is 0 Å². The number of carbonyl (C=O) groups excluding carboxylic acids is 1. The number of benzene rings is 1. The van der Waals surface area contributed by atoms with E-state index in [2.05, 4.69) is 34.8 Å². The van der Waals surface area contributed by atoms with E-state index in [9.17, 15) is 4.79 Å². The Morgan fingerprint density at radius 3 is 2.78 bits per heavy atom. The molecule has 2 rings (SSSR count). The number of ether oxygens (including phenoxy) is 1. The van der Waals surface area contributed by atoms with Crippen molar-refractivity contribution in [1.29, 1.82) is 0 Å². The number of esters is 1. The van der Waals surface area contributed by atoms with Gasteiger partial charge in [-0.2, -0.15) is 0 Å². The van der Waals surface area contributed by atoms with Crippen LogP contribution in [0.15, 0.2) is 24.3 Å². The van der Waals surface area contributed by atoms with Crippen molar-refractivity contribution in [3.05, 3.63) is 41.1 Å². The standard InChI is InChI=1S/C15H17NO2/c1-10-8-12(5-7-14(17)18-3)9-13-6-4-11(2)16-15(10)13/h4,6,8-9H,5,7H2,1-3H3. The van der Waals surface area contributed by atoms with Gasteiger partial charge < -0.3 is 4.74 Å². The molecule has 3 heteroatoms. The highest BCUT2D eigenvalue weighted by Gasteiger charge is 2.05. The molecule has 0 aliphatic heterocycles. The Hall–Kier alpha value is -1.90. The third-order valence-corrected chi connectivity index (χ3v) is 3.03. The SMILES string of the molecule is COC(=O)CCc1cc(C)c2nc(C)ccc2c1. The van der Waals surface area contributed by atoms with Crippen molar-refractivity contribution >= 4 is 16.9 Å². The predicted molar refractivity (Wildman–Crippen MR) is 71.6 cm³/mol. The van der Waals surface area contributed by atoms with E-state index in [1.165, 1.54) is 7.11 Å². The molecule has 18 heavy (non-hydrogen) atoms. The fraction of sp³-hybridized carbons (Fsp3) is 0.333. The number of aromatic nitrogens is 1. The molecular weight excluding hydrogens is 226 g/mol. The maximum atomic E-state index is 11.1. The largest absolute Gasteiger partial charge is 0.469 e. The van der Waals surface area contributed by atoms with E-state index in [0.717, 1.165) is 27.7 Å². The summed E-state index contributed by atoms with van der Waals surface area (Å²) < 4.78 is 4.65. The highest BCUT2D eigenvalue weighted by molar-refractivity contribution is 5.82. The summed E-state index contributed by atoms with van der Waals surface area (Å²) in [6.45, 7) is 4.04. The Kier molecular flexibility index (Phi) is 3.60. The van der Waals surface area contributed by atoms with E-state index >= 15 is 0 Å². The van der Waals surface area contributed by atoms with Gasteiger partial charge >= 0.3 is 5.97 Å². The summed E-state index contributed by atoms with van der Waals surface area (Å²) >= 11 is 0. The molecule has 0 amide bonds. The third kappa shape index (κ3) is 2.67. The van der Waals surface area contributed by atoms with Crippen molar-refractivity contribution in [2.45, 2.75) is 26.7 Å². The maximum Gasteiger partial charge on any atom is 0.305 e. The molecule has 2 aromatic rings. The van der Waals surface area contributed by atoms with Gasteiger partial charge in [-0.1, -0.05) is 12.1 Å². The van der Waals surface area contributed by atoms with E-state index in [1.54, 1.807) is 0 Å². The van der Waals surface area contributed by atoms with Gasteiger partial charge in [0.2, 0.25) is 0 Å². The number of aryl methyl sites for hydroxylation is 3. The molecule has 0 radical (unpaired) electrons. The first-order valence-electron chi connectivity index (χ1n) is 6.04. The molecule has 94 valence electrons. The van der Waals surface area contributed by atoms with E-state index in [4.69, 9.17) is 0 Å². The zero-order valence-corrected chi connectivity index (χ0v) is 11.0. The number of hydrogen-bond acceptors (Lipinski definition) is 3. The Balaban J connectivity index is 2.31. The molecule has 0 aliphatic rings. The van der Waals surface area contributed by atoms with Crippen molar-refractivity contribution in [1.82, 2.24) is 4.98 Å². The van der Waals surface area contributed by atoms with Crippen LogP contribution in [0.4, 0.5) is 0 Å². The summed E-state index contributed by atoms with van der Waals surface area (Å²) in [5.41, 5.74) is 4.36. The van der Waals surface area contributed by atoms with E-state index in [0.29, 0.717) is 12.8 Å². The van der Waals surface area contributed by atoms with Crippen LogP contribution in [0, 0.1) is 13.8 Å². The second-order valence-electron chi connectivity index (χ2n) is 4.51. The molecule has 3 nitrogen and oxygen atoms in total. The number of methoxy groups -OCH3 is 1. The smallest absolute Gasteiger partial charge is 0.305 e. The van der Waals surface area contributed by atoms with Crippen molar-refractivity contribution < 1.29 is 9.53 Å². The van der Waals surface area contributed by atoms with Crippen molar-refractivity contribution in [2.24, 2.45) is 0 Å². The molecule has 1 heterocycles. The summed E-state index contributed by atoms with van der Waals surface area (Å²) in [6.07, 6.45) is 1.12. The lowest BCUT2D eigenvalue weighted by atomic mass is 10.0. The number of fused-ring (bicyclic) bond motifs is 1. The molecule has 0 unspecified atom stereocenters. The lowest BCUT2D eigenvalue weighted by molar-refractivity contribution is -0.140. The number of nitrogens with zero attached hydrogens (tertiary/aromatic N) is 1. The zero-order valence-electron chi connectivity index (χ0n) is 11.0. The normalized spacial score (nSPS) is 10.6. The maximum absolute atomic E-state index is 11.1. The van der Waals surface area contributed by atoms with Gasteiger partial charge in [0.25, 0.3) is 0 Å². The van der Waals surface area contributed by atoms with E-state index in [-0.39, 0.29) is 5.97 Å². The minimum Gasteiger partial charge on any atom is -0.469 e. The molecule has 0 fully saturated rings. The summed E-state index contributed by atoms with van der Waals surface area (Å²) in [4.78, 5) is 15.7. The number of rotatable bonds is 3. The second-order valence-corrected chi connectivity index (χ2v) is 4.51. The van der Waals surface area contributed by atoms with Crippen LogP contribution in [0.1, 0.15) is 23.2 Å². The molecule has 0 saturated heterocycles. The molecule has 1 aromatic carbocycles. The van der Waals surface area contributed by atoms with Crippen LogP contribution in [0.2, 0.25) is 0 Å². The molecule has 0 bridgehead atoms. The van der Waals surface area contributed by atoms with Crippen LogP contribution in [0.5, 0.6) is 0 Å². The Bertz CT molecular complexity index is 590. The zero-order chi connectivity index (χ0) is 13.1. The van der Waals surface area contributed by atoms with Gasteiger partial charge in [0.1, 0.15) is 0 Å². The van der Waals surface area contributed by atoms with Gasteiger partial charge in [-0.3, -0.25) is 9.78 Å². The van der Waals surface area contributed by atoms with E-state index in [1.807, 2.05) is 13.0 Å². The fourth-order valence-corrected chi connectivity index (χ4v) is 2.08. The van der Waals surface area contributed by atoms with Crippen molar-refractivity contribution in [3.63, 3.8) is 0 Å². The van der Waals surface area contributed by atoms with Crippen LogP contribution >= 0.6 is 0 Å². The van der Waals surface area contributed by atoms with Crippen LogP contribution < -0.4 is 0 Å². The van der Waals surface area contributed by atoms with Crippen LogP contribution in [0.25, 0.3) is 10.9 Å². The Morgan fingerprint density at radius 2 is 2.06 bits per heavy atom. The average Bonchev–Trinajstić information content (AvgIpc) is 2.37. The topological polar surface area (TPSA) is 39.2 Å². The minimum atomic E-state index is -0.171. The quantitative estimate of drug-likeness (QED) is 0.778. The summed E-state index contributed by atoms with van der Waals surface area (Å²) in [5.74, 6) is -0.171. The molecule has 0 atom stereocenters. The molecule has 1 aromatic heterocycles. The molecule has 0 spiro atoms. The van der Waals surface area contributed by atoms with Gasteiger partial charge in [-0.25, -0.2) is 0 Å². The fourth-order valence-electron chi connectivity index (χ4n) is 2.08. The number of pyridine rings is 1. The Morgan fingerprint density at radius 1 is 1.28 bits per heavy atom. The summed E-state index contributed by atoms with van der Waals surface area (Å²) in [6, 6.07) is 8.27. The summed E-state index contributed by atoms with van der Waals surface area (Å²) in [5, 5.41) is 1.13. The minimum absolute atomic E-state index is 0.171. The predicted octanol–water partition coefficient (Wildman–Crippen LogP) is 2.96. The second kappa shape index (κ2) is 5.17. The molecule has 0 N–H and O–H groups in total.